The smallest absolute Gasteiger partial charge is 0.408 e. The lowest BCUT2D eigenvalue weighted by molar-refractivity contribution is -0.143. The van der Waals surface area contributed by atoms with E-state index in [-0.39, 0.29) is 5.92 Å². The van der Waals surface area contributed by atoms with Gasteiger partial charge < -0.3 is 29.2 Å². The molecule has 0 bridgehead atoms. The first-order valence-electron chi connectivity index (χ1n) is 12.6. The molecule has 3 rings (SSSR count). The molecule has 0 unspecified atom stereocenters. The monoisotopic (exact) mass is 512 g/mol. The van der Waals surface area contributed by atoms with Crippen LogP contribution in [0.5, 0.6) is 11.5 Å². The minimum atomic E-state index is -0.863. The summed E-state index contributed by atoms with van der Waals surface area (Å²) in [6, 6.07) is 9.33. The molecule has 8 heteroatoms. The number of fused-ring (bicyclic) bond motifs is 1. The van der Waals surface area contributed by atoms with E-state index in [4.69, 9.17) is 18.9 Å². The van der Waals surface area contributed by atoms with Gasteiger partial charge >= 0.3 is 12.1 Å². The first kappa shape index (κ1) is 28.3. The normalized spacial score (nSPS) is 15.6. The van der Waals surface area contributed by atoms with Gasteiger partial charge in [-0.25, -0.2) is 9.59 Å². The molecule has 2 atom stereocenters. The maximum absolute atomic E-state index is 12.6. The fraction of sp³-hybridized carbons (Fsp3) is 0.517. The Morgan fingerprint density at radius 1 is 1.05 bits per heavy atom. The highest BCUT2D eigenvalue weighted by atomic mass is 16.6. The van der Waals surface area contributed by atoms with E-state index in [0.29, 0.717) is 6.42 Å². The summed E-state index contributed by atoms with van der Waals surface area (Å²) in [5, 5.41) is 2.69. The van der Waals surface area contributed by atoms with Crippen LogP contribution in [0.3, 0.4) is 0 Å². The van der Waals surface area contributed by atoms with E-state index >= 15 is 0 Å². The van der Waals surface area contributed by atoms with Crippen molar-refractivity contribution in [2.75, 3.05) is 35.4 Å². The molecule has 2 aromatic carbocycles. The SMILES string of the molecule is COC(=O)[C@H](Cc1cccc2c1CC[C@H]2c1c(OC)ccc(CN(C)C)c1OC)NC(=O)OC(C)(C)C. The number of benzene rings is 2. The van der Waals surface area contributed by atoms with Gasteiger partial charge in [0, 0.05) is 30.0 Å². The first-order chi connectivity index (χ1) is 17.5. The van der Waals surface area contributed by atoms with Crippen molar-refractivity contribution in [3.8, 4) is 11.5 Å². The van der Waals surface area contributed by atoms with Gasteiger partial charge in [0.2, 0.25) is 0 Å². The van der Waals surface area contributed by atoms with Crippen molar-refractivity contribution in [2.24, 2.45) is 0 Å². The summed E-state index contributed by atoms with van der Waals surface area (Å²) in [7, 11) is 8.76. The number of nitrogens with one attached hydrogen (secondary N) is 1. The van der Waals surface area contributed by atoms with Crippen LogP contribution in [-0.4, -0.2) is 64.0 Å². The molecule has 0 radical (unpaired) electrons. The van der Waals surface area contributed by atoms with E-state index in [0.717, 1.165) is 47.6 Å². The van der Waals surface area contributed by atoms with Gasteiger partial charge in [-0.2, -0.15) is 0 Å². The molecule has 202 valence electrons. The summed E-state index contributed by atoms with van der Waals surface area (Å²) < 4.78 is 22.1. The lowest BCUT2D eigenvalue weighted by Crippen LogP contribution is -2.45. The number of alkyl carbamates (subject to hydrolysis) is 1. The Kier molecular flexibility index (Phi) is 9.07. The van der Waals surface area contributed by atoms with Crippen LogP contribution in [-0.2, 0) is 33.7 Å². The van der Waals surface area contributed by atoms with Crippen LogP contribution in [0.1, 0.15) is 60.9 Å². The van der Waals surface area contributed by atoms with Gasteiger partial charge in [0.15, 0.2) is 0 Å². The van der Waals surface area contributed by atoms with Gasteiger partial charge in [0.05, 0.1) is 21.3 Å². The van der Waals surface area contributed by atoms with E-state index in [1.54, 1.807) is 35.0 Å². The summed E-state index contributed by atoms with van der Waals surface area (Å²) in [6.07, 6.45) is 1.37. The minimum absolute atomic E-state index is 0.0809. The Morgan fingerprint density at radius 2 is 1.78 bits per heavy atom. The van der Waals surface area contributed by atoms with Crippen molar-refractivity contribution >= 4 is 12.1 Å². The highest BCUT2D eigenvalue weighted by molar-refractivity contribution is 5.81. The fourth-order valence-electron chi connectivity index (χ4n) is 5.07. The van der Waals surface area contributed by atoms with E-state index < -0.39 is 23.7 Å². The number of hydrogen-bond donors (Lipinski definition) is 1. The van der Waals surface area contributed by atoms with E-state index in [1.807, 2.05) is 32.3 Å². The number of rotatable bonds is 9. The second kappa shape index (κ2) is 11.9. The zero-order chi connectivity index (χ0) is 27.3. The summed E-state index contributed by atoms with van der Waals surface area (Å²) in [5.41, 5.74) is 4.81. The molecular formula is C29H40N2O6. The summed E-state index contributed by atoms with van der Waals surface area (Å²) in [6.45, 7) is 6.08. The second-order valence-corrected chi connectivity index (χ2v) is 10.6. The van der Waals surface area contributed by atoms with Gasteiger partial charge in [0.25, 0.3) is 0 Å². The third-order valence-electron chi connectivity index (χ3n) is 6.47. The average molecular weight is 513 g/mol. The van der Waals surface area contributed by atoms with Crippen LogP contribution in [0.4, 0.5) is 4.79 Å². The third kappa shape index (κ3) is 6.74. The van der Waals surface area contributed by atoms with Crippen LogP contribution in [0, 0.1) is 0 Å². The number of carbonyl (C=O) groups excluding carboxylic acids is 2. The number of esters is 1. The highest BCUT2D eigenvalue weighted by Crippen LogP contribution is 2.48. The Morgan fingerprint density at radius 3 is 2.38 bits per heavy atom. The second-order valence-electron chi connectivity index (χ2n) is 10.6. The van der Waals surface area contributed by atoms with Crippen LogP contribution < -0.4 is 14.8 Å². The summed E-state index contributed by atoms with van der Waals surface area (Å²) in [4.78, 5) is 27.1. The van der Waals surface area contributed by atoms with Gasteiger partial charge in [-0.1, -0.05) is 24.3 Å². The molecule has 0 saturated carbocycles. The van der Waals surface area contributed by atoms with Crippen molar-refractivity contribution in [1.29, 1.82) is 0 Å². The highest BCUT2D eigenvalue weighted by Gasteiger charge is 2.33. The van der Waals surface area contributed by atoms with Crippen LogP contribution in [0.2, 0.25) is 0 Å². The van der Waals surface area contributed by atoms with Gasteiger partial charge in [-0.15, -0.1) is 0 Å². The topological polar surface area (TPSA) is 86.3 Å². The van der Waals surface area contributed by atoms with Crippen molar-refractivity contribution in [2.45, 2.75) is 64.1 Å². The maximum Gasteiger partial charge on any atom is 0.408 e. The predicted molar refractivity (Wildman–Crippen MR) is 142 cm³/mol. The lowest BCUT2D eigenvalue weighted by Gasteiger charge is -2.24. The number of methoxy groups -OCH3 is 3. The average Bonchev–Trinajstić information content (AvgIpc) is 3.26. The molecule has 2 aromatic rings. The van der Waals surface area contributed by atoms with Gasteiger partial charge in [0.1, 0.15) is 23.1 Å². The van der Waals surface area contributed by atoms with Gasteiger partial charge in [-0.05, 0) is 70.5 Å². The van der Waals surface area contributed by atoms with Crippen molar-refractivity contribution in [3.05, 3.63) is 58.1 Å². The van der Waals surface area contributed by atoms with Crippen molar-refractivity contribution in [1.82, 2.24) is 10.2 Å². The molecule has 0 aliphatic heterocycles. The van der Waals surface area contributed by atoms with E-state index in [9.17, 15) is 9.59 Å². The minimum Gasteiger partial charge on any atom is -0.496 e. The number of nitrogens with zero attached hydrogens (tertiary/aromatic N) is 1. The zero-order valence-electron chi connectivity index (χ0n) is 23.3. The number of carbonyl (C=O) groups is 2. The molecule has 1 N–H and O–H groups in total. The summed E-state index contributed by atoms with van der Waals surface area (Å²) >= 11 is 0. The predicted octanol–water partition coefficient (Wildman–Crippen LogP) is 4.45. The number of ether oxygens (including phenoxy) is 4. The molecule has 0 spiro atoms. The quantitative estimate of drug-likeness (QED) is 0.497. The molecule has 1 amide bonds. The molecule has 0 fully saturated rings. The Balaban J connectivity index is 1.98. The summed E-state index contributed by atoms with van der Waals surface area (Å²) in [5.74, 6) is 1.20. The molecular weight excluding hydrogens is 472 g/mol. The van der Waals surface area contributed by atoms with Crippen molar-refractivity contribution in [3.63, 3.8) is 0 Å². The largest absolute Gasteiger partial charge is 0.496 e. The number of amides is 1. The standard InChI is InChI=1S/C29H40N2O6/c1-29(2,3)37-28(33)30-23(27(32)36-8)16-18-10-9-11-21-20(18)13-14-22(21)25-24(34-6)15-12-19(17-31(4)5)26(25)35-7/h9-12,15,22-23H,13-14,16-17H2,1-8H3,(H,30,33)/t22-,23+/m1/s1. The molecule has 0 heterocycles. The number of hydrogen-bond acceptors (Lipinski definition) is 7. The van der Waals surface area contributed by atoms with Crippen molar-refractivity contribution < 1.29 is 28.5 Å². The lowest BCUT2D eigenvalue weighted by atomic mass is 9.88. The van der Waals surface area contributed by atoms with Crippen LogP contribution >= 0.6 is 0 Å². The van der Waals surface area contributed by atoms with Crippen LogP contribution in [0.15, 0.2) is 30.3 Å². The van der Waals surface area contributed by atoms with E-state index in [1.165, 1.54) is 18.2 Å². The molecule has 1 aliphatic carbocycles. The Labute approximate surface area is 220 Å². The van der Waals surface area contributed by atoms with E-state index in [2.05, 4.69) is 22.3 Å². The molecule has 1 aliphatic rings. The third-order valence-corrected chi connectivity index (χ3v) is 6.47. The fourth-order valence-corrected chi connectivity index (χ4v) is 5.07. The molecule has 0 saturated heterocycles. The first-order valence-corrected chi connectivity index (χ1v) is 12.6. The molecule has 8 nitrogen and oxygen atoms in total. The van der Waals surface area contributed by atoms with Crippen LogP contribution in [0.25, 0.3) is 0 Å². The molecule has 0 aromatic heterocycles. The molecule has 37 heavy (non-hydrogen) atoms. The zero-order valence-corrected chi connectivity index (χ0v) is 23.3. The Hall–Kier alpha value is -3.26. The Bertz CT molecular complexity index is 1120. The maximum atomic E-state index is 12.6. The van der Waals surface area contributed by atoms with Gasteiger partial charge in [-0.3, -0.25) is 0 Å².